The molecule has 1 heterocycles. The van der Waals surface area contributed by atoms with Crippen molar-refractivity contribution >= 4 is 11.4 Å². The topological polar surface area (TPSA) is 77.3 Å². The van der Waals surface area contributed by atoms with E-state index in [9.17, 15) is 10.1 Å². The number of benzene rings is 1. The molecule has 0 aliphatic carbocycles. The number of nitrogens with zero attached hydrogens (tertiary/aromatic N) is 2. The Balaban J connectivity index is 2.16. The van der Waals surface area contributed by atoms with Crippen LogP contribution in [0.15, 0.2) is 36.5 Å². The van der Waals surface area contributed by atoms with Crippen LogP contribution in [-0.2, 0) is 6.54 Å². The summed E-state index contributed by atoms with van der Waals surface area (Å²) < 4.78 is 4.98. The first-order valence-corrected chi connectivity index (χ1v) is 6.08. The smallest absolute Gasteiger partial charge is 0.292 e. The number of hydrogen-bond acceptors (Lipinski definition) is 5. The molecule has 0 unspecified atom stereocenters. The van der Waals surface area contributed by atoms with Gasteiger partial charge in [-0.2, -0.15) is 0 Å². The van der Waals surface area contributed by atoms with Crippen LogP contribution in [0.5, 0.6) is 5.88 Å². The first-order chi connectivity index (χ1) is 9.61. The van der Waals surface area contributed by atoms with E-state index in [1.807, 2.05) is 19.1 Å². The second-order valence-corrected chi connectivity index (χ2v) is 4.29. The Bertz CT molecular complexity index is 612. The molecule has 0 aliphatic heterocycles. The molecule has 0 aliphatic rings. The number of nitro groups is 1. The quantitative estimate of drug-likeness (QED) is 0.669. The van der Waals surface area contributed by atoms with E-state index in [-0.39, 0.29) is 10.6 Å². The molecule has 2 aromatic rings. The number of anilines is 1. The van der Waals surface area contributed by atoms with Gasteiger partial charge in [-0.1, -0.05) is 18.2 Å². The highest BCUT2D eigenvalue weighted by molar-refractivity contribution is 5.66. The second kappa shape index (κ2) is 6.01. The fraction of sp³-hybridized carbons (Fsp3) is 0.214. The van der Waals surface area contributed by atoms with Crippen LogP contribution in [0.25, 0.3) is 0 Å². The Morgan fingerprint density at radius 3 is 2.75 bits per heavy atom. The van der Waals surface area contributed by atoms with E-state index in [0.717, 1.165) is 11.1 Å². The summed E-state index contributed by atoms with van der Waals surface area (Å²) in [6.45, 7) is 2.30. The van der Waals surface area contributed by atoms with Crippen LogP contribution in [0.3, 0.4) is 0 Å². The van der Waals surface area contributed by atoms with E-state index in [1.165, 1.54) is 6.07 Å². The van der Waals surface area contributed by atoms with Gasteiger partial charge in [0.25, 0.3) is 5.69 Å². The molecule has 0 amide bonds. The van der Waals surface area contributed by atoms with Crippen molar-refractivity contribution in [2.24, 2.45) is 0 Å². The Labute approximate surface area is 116 Å². The van der Waals surface area contributed by atoms with Gasteiger partial charge in [0.2, 0.25) is 5.88 Å². The van der Waals surface area contributed by atoms with Gasteiger partial charge in [-0.3, -0.25) is 10.1 Å². The van der Waals surface area contributed by atoms with Crippen molar-refractivity contribution < 1.29 is 9.66 Å². The van der Waals surface area contributed by atoms with Crippen molar-refractivity contribution in [2.75, 3.05) is 12.4 Å². The average molecular weight is 273 g/mol. The molecule has 6 heteroatoms. The van der Waals surface area contributed by atoms with Crippen molar-refractivity contribution in [3.05, 3.63) is 57.8 Å². The summed E-state index contributed by atoms with van der Waals surface area (Å²) in [5.74, 6) is 0.538. The Kier molecular flexibility index (Phi) is 4.14. The summed E-state index contributed by atoms with van der Waals surface area (Å²) in [6.07, 6.45) is 1.68. The third-order valence-electron chi connectivity index (χ3n) is 2.92. The minimum atomic E-state index is -0.387. The minimum Gasteiger partial charge on any atom is -0.481 e. The monoisotopic (exact) mass is 273 g/mol. The lowest BCUT2D eigenvalue weighted by Gasteiger charge is -2.10. The SMILES string of the molecule is COc1ccc(CNc2c(C)cccc2[N+](=O)[O-])cn1. The largest absolute Gasteiger partial charge is 0.481 e. The van der Waals surface area contributed by atoms with Crippen LogP contribution in [-0.4, -0.2) is 17.0 Å². The van der Waals surface area contributed by atoms with E-state index >= 15 is 0 Å². The van der Waals surface area contributed by atoms with E-state index in [4.69, 9.17) is 4.74 Å². The number of rotatable bonds is 5. The molecule has 104 valence electrons. The molecule has 1 aromatic carbocycles. The van der Waals surface area contributed by atoms with Gasteiger partial charge in [0.15, 0.2) is 0 Å². The molecule has 20 heavy (non-hydrogen) atoms. The number of pyridine rings is 1. The molecule has 0 saturated heterocycles. The first kappa shape index (κ1) is 13.8. The molecule has 0 atom stereocenters. The van der Waals surface area contributed by atoms with Crippen molar-refractivity contribution in [1.29, 1.82) is 0 Å². The number of methoxy groups -OCH3 is 1. The number of aromatic nitrogens is 1. The molecule has 0 bridgehead atoms. The molecule has 0 saturated carbocycles. The highest BCUT2D eigenvalue weighted by Gasteiger charge is 2.14. The summed E-state index contributed by atoms with van der Waals surface area (Å²) in [5, 5.41) is 14.1. The lowest BCUT2D eigenvalue weighted by Crippen LogP contribution is -2.04. The van der Waals surface area contributed by atoms with Gasteiger partial charge in [0.1, 0.15) is 5.69 Å². The molecule has 1 aromatic heterocycles. The van der Waals surface area contributed by atoms with Crippen LogP contribution < -0.4 is 10.1 Å². The predicted octanol–water partition coefficient (Wildman–Crippen LogP) is 2.92. The van der Waals surface area contributed by atoms with Crippen LogP contribution in [0, 0.1) is 17.0 Å². The first-order valence-electron chi connectivity index (χ1n) is 6.08. The third kappa shape index (κ3) is 3.03. The number of hydrogen-bond donors (Lipinski definition) is 1. The number of para-hydroxylation sites is 1. The fourth-order valence-corrected chi connectivity index (χ4v) is 1.86. The maximum absolute atomic E-state index is 11.0. The van der Waals surface area contributed by atoms with E-state index in [1.54, 1.807) is 25.4 Å². The maximum atomic E-state index is 11.0. The zero-order chi connectivity index (χ0) is 14.5. The minimum absolute atomic E-state index is 0.0754. The maximum Gasteiger partial charge on any atom is 0.292 e. The highest BCUT2D eigenvalue weighted by atomic mass is 16.6. The van der Waals surface area contributed by atoms with Crippen LogP contribution in [0.1, 0.15) is 11.1 Å². The summed E-state index contributed by atoms with van der Waals surface area (Å²) in [4.78, 5) is 14.7. The number of nitrogens with one attached hydrogen (secondary N) is 1. The number of ether oxygens (including phenoxy) is 1. The van der Waals surface area contributed by atoms with Gasteiger partial charge in [-0.05, 0) is 18.1 Å². The zero-order valence-electron chi connectivity index (χ0n) is 11.3. The predicted molar refractivity (Wildman–Crippen MR) is 75.9 cm³/mol. The number of aryl methyl sites for hydroxylation is 1. The van der Waals surface area contributed by atoms with E-state index in [0.29, 0.717) is 18.1 Å². The van der Waals surface area contributed by atoms with Crippen molar-refractivity contribution in [3.8, 4) is 5.88 Å². The molecule has 2 rings (SSSR count). The van der Waals surface area contributed by atoms with E-state index < -0.39 is 0 Å². The molecule has 6 nitrogen and oxygen atoms in total. The van der Waals surface area contributed by atoms with Gasteiger partial charge in [-0.15, -0.1) is 0 Å². The standard InChI is InChI=1S/C14H15N3O3/c1-10-4-3-5-12(17(18)19)14(10)16-9-11-6-7-13(20-2)15-8-11/h3-8,16H,9H2,1-2H3. The fourth-order valence-electron chi connectivity index (χ4n) is 1.86. The average Bonchev–Trinajstić information content (AvgIpc) is 2.46. The molecular formula is C14H15N3O3. The van der Waals surface area contributed by atoms with E-state index in [2.05, 4.69) is 10.3 Å². The summed E-state index contributed by atoms with van der Waals surface area (Å²) in [5.41, 5.74) is 2.36. The van der Waals surface area contributed by atoms with Gasteiger partial charge in [0.05, 0.1) is 12.0 Å². The molecule has 0 spiro atoms. The van der Waals surface area contributed by atoms with Crippen molar-refractivity contribution in [2.45, 2.75) is 13.5 Å². The lowest BCUT2D eigenvalue weighted by molar-refractivity contribution is -0.384. The normalized spacial score (nSPS) is 10.1. The Morgan fingerprint density at radius 2 is 2.15 bits per heavy atom. The van der Waals surface area contributed by atoms with Gasteiger partial charge < -0.3 is 10.1 Å². The van der Waals surface area contributed by atoms with Crippen LogP contribution in [0.4, 0.5) is 11.4 Å². The lowest BCUT2D eigenvalue weighted by atomic mass is 10.1. The summed E-state index contributed by atoms with van der Waals surface area (Å²) in [7, 11) is 1.55. The van der Waals surface area contributed by atoms with Crippen molar-refractivity contribution in [1.82, 2.24) is 4.98 Å². The number of nitro benzene ring substituents is 1. The molecular weight excluding hydrogens is 258 g/mol. The Morgan fingerprint density at radius 1 is 1.35 bits per heavy atom. The van der Waals surface area contributed by atoms with Crippen LogP contribution >= 0.6 is 0 Å². The second-order valence-electron chi connectivity index (χ2n) is 4.29. The summed E-state index contributed by atoms with van der Waals surface area (Å²) in [6, 6.07) is 8.61. The molecule has 0 fully saturated rings. The summed E-state index contributed by atoms with van der Waals surface area (Å²) >= 11 is 0. The molecule has 1 N–H and O–H groups in total. The van der Waals surface area contributed by atoms with Crippen molar-refractivity contribution in [3.63, 3.8) is 0 Å². The molecule has 0 radical (unpaired) electrons. The van der Waals surface area contributed by atoms with Gasteiger partial charge >= 0.3 is 0 Å². The zero-order valence-corrected chi connectivity index (χ0v) is 11.3. The highest BCUT2D eigenvalue weighted by Crippen LogP contribution is 2.28. The van der Waals surface area contributed by atoms with Gasteiger partial charge in [0, 0.05) is 24.9 Å². The van der Waals surface area contributed by atoms with Crippen LogP contribution in [0.2, 0.25) is 0 Å². The third-order valence-corrected chi connectivity index (χ3v) is 2.92. The Hall–Kier alpha value is -2.63. The van der Waals surface area contributed by atoms with Gasteiger partial charge in [-0.25, -0.2) is 4.98 Å².